The number of thiophene rings is 1. The lowest BCUT2D eigenvalue weighted by Crippen LogP contribution is -2.41. The van der Waals surface area contributed by atoms with Gasteiger partial charge in [0.15, 0.2) is 0 Å². The van der Waals surface area contributed by atoms with Crippen LogP contribution in [0.2, 0.25) is 0 Å². The molecule has 0 aromatic carbocycles. The van der Waals surface area contributed by atoms with Gasteiger partial charge >= 0.3 is 0 Å². The standard InChI is InChI=1S/C16H20N4O3S/c17-15(22)11-6-8-20(9-7-11)14(21)5-1-4-13-18-16(19-23-13)12-3-2-10-24-12/h2-3,10-11H,1,4-9H2,(H2,17,22). The summed E-state index contributed by atoms with van der Waals surface area (Å²) in [6, 6.07) is 3.88. The highest BCUT2D eigenvalue weighted by atomic mass is 32.1. The van der Waals surface area contributed by atoms with Crippen LogP contribution in [0.1, 0.15) is 31.6 Å². The van der Waals surface area contributed by atoms with Crippen molar-refractivity contribution in [3.05, 3.63) is 23.4 Å². The van der Waals surface area contributed by atoms with Gasteiger partial charge in [0.1, 0.15) is 0 Å². The molecule has 24 heavy (non-hydrogen) atoms. The van der Waals surface area contributed by atoms with E-state index in [9.17, 15) is 9.59 Å². The van der Waals surface area contributed by atoms with Crippen molar-refractivity contribution in [1.29, 1.82) is 0 Å². The number of nitrogens with zero attached hydrogens (tertiary/aromatic N) is 3. The van der Waals surface area contributed by atoms with E-state index in [2.05, 4.69) is 10.1 Å². The number of carbonyl (C=O) groups is 2. The third-order valence-electron chi connectivity index (χ3n) is 4.24. The Labute approximate surface area is 143 Å². The Morgan fingerprint density at radius 1 is 1.38 bits per heavy atom. The number of amides is 2. The van der Waals surface area contributed by atoms with Crippen molar-refractivity contribution < 1.29 is 14.1 Å². The zero-order chi connectivity index (χ0) is 16.9. The molecule has 1 aliphatic rings. The predicted molar refractivity (Wildman–Crippen MR) is 89.0 cm³/mol. The van der Waals surface area contributed by atoms with E-state index in [4.69, 9.17) is 10.3 Å². The number of hydrogen-bond acceptors (Lipinski definition) is 6. The molecule has 1 aliphatic heterocycles. The molecule has 2 aromatic rings. The van der Waals surface area contributed by atoms with E-state index >= 15 is 0 Å². The maximum Gasteiger partial charge on any atom is 0.226 e. The van der Waals surface area contributed by atoms with Crippen LogP contribution in [0.4, 0.5) is 0 Å². The van der Waals surface area contributed by atoms with Crippen molar-refractivity contribution in [2.24, 2.45) is 11.7 Å². The number of hydrogen-bond donors (Lipinski definition) is 1. The largest absolute Gasteiger partial charge is 0.369 e. The molecular formula is C16H20N4O3S. The summed E-state index contributed by atoms with van der Waals surface area (Å²) in [5.41, 5.74) is 5.31. The van der Waals surface area contributed by atoms with Gasteiger partial charge in [-0.25, -0.2) is 0 Å². The summed E-state index contributed by atoms with van der Waals surface area (Å²) in [7, 11) is 0. The number of primary amides is 1. The fourth-order valence-corrected chi connectivity index (χ4v) is 3.47. The number of aromatic nitrogens is 2. The van der Waals surface area contributed by atoms with Crippen molar-refractivity contribution in [2.75, 3.05) is 13.1 Å². The number of likely N-dealkylation sites (tertiary alicyclic amines) is 1. The highest BCUT2D eigenvalue weighted by molar-refractivity contribution is 7.13. The maximum absolute atomic E-state index is 12.2. The van der Waals surface area contributed by atoms with Gasteiger partial charge in [-0.3, -0.25) is 9.59 Å². The average Bonchev–Trinajstić information content (AvgIpc) is 3.26. The Hall–Kier alpha value is -2.22. The Bertz CT molecular complexity index is 690. The Balaban J connectivity index is 1.42. The van der Waals surface area contributed by atoms with Crippen LogP contribution in [0.25, 0.3) is 10.7 Å². The summed E-state index contributed by atoms with van der Waals surface area (Å²) < 4.78 is 5.23. The summed E-state index contributed by atoms with van der Waals surface area (Å²) in [5, 5.41) is 5.92. The first-order chi connectivity index (χ1) is 11.6. The van der Waals surface area contributed by atoms with Gasteiger partial charge in [0.2, 0.25) is 23.5 Å². The monoisotopic (exact) mass is 348 g/mol. The minimum atomic E-state index is -0.264. The van der Waals surface area contributed by atoms with Crippen LogP contribution in [0, 0.1) is 5.92 Å². The Kier molecular flexibility index (Phi) is 5.24. The molecule has 8 heteroatoms. The van der Waals surface area contributed by atoms with Crippen LogP contribution in [0.3, 0.4) is 0 Å². The number of piperidine rings is 1. The van der Waals surface area contributed by atoms with Gasteiger partial charge in [-0.15, -0.1) is 11.3 Å². The summed E-state index contributed by atoms with van der Waals surface area (Å²) in [5.74, 6) is 0.901. The number of nitrogens with two attached hydrogens (primary N) is 1. The SMILES string of the molecule is NC(=O)C1CCN(C(=O)CCCc2nc(-c3cccs3)no2)CC1. The zero-order valence-electron chi connectivity index (χ0n) is 13.3. The van der Waals surface area contributed by atoms with Gasteiger partial charge in [0.25, 0.3) is 0 Å². The predicted octanol–water partition coefficient (Wildman–Crippen LogP) is 1.84. The average molecular weight is 348 g/mol. The van der Waals surface area contributed by atoms with Crippen LogP contribution < -0.4 is 5.73 Å². The first kappa shape index (κ1) is 16.6. The quantitative estimate of drug-likeness (QED) is 0.858. The molecule has 0 atom stereocenters. The molecule has 0 spiro atoms. The van der Waals surface area contributed by atoms with E-state index < -0.39 is 0 Å². The van der Waals surface area contributed by atoms with Gasteiger partial charge in [-0.05, 0) is 30.7 Å². The summed E-state index contributed by atoms with van der Waals surface area (Å²) in [6.07, 6.45) is 3.02. The first-order valence-corrected chi connectivity index (χ1v) is 8.95. The topological polar surface area (TPSA) is 102 Å². The lowest BCUT2D eigenvalue weighted by molar-refractivity contribution is -0.134. The molecule has 1 saturated heterocycles. The first-order valence-electron chi connectivity index (χ1n) is 8.07. The summed E-state index contributed by atoms with van der Waals surface area (Å²) >= 11 is 1.56. The highest BCUT2D eigenvalue weighted by Gasteiger charge is 2.25. The normalized spacial score (nSPS) is 15.6. The van der Waals surface area contributed by atoms with Crippen molar-refractivity contribution in [2.45, 2.75) is 32.1 Å². The fourth-order valence-electron chi connectivity index (χ4n) is 2.82. The van der Waals surface area contributed by atoms with E-state index in [1.54, 1.807) is 11.3 Å². The minimum absolute atomic E-state index is 0.0943. The van der Waals surface area contributed by atoms with E-state index in [0.717, 1.165) is 4.88 Å². The third-order valence-corrected chi connectivity index (χ3v) is 5.11. The maximum atomic E-state index is 12.2. The van der Waals surface area contributed by atoms with Crippen LogP contribution in [0.5, 0.6) is 0 Å². The van der Waals surface area contributed by atoms with Crippen LogP contribution in [0.15, 0.2) is 22.0 Å². The number of rotatable bonds is 6. The molecule has 128 valence electrons. The molecular weight excluding hydrogens is 328 g/mol. The highest BCUT2D eigenvalue weighted by Crippen LogP contribution is 2.22. The molecule has 0 bridgehead atoms. The van der Waals surface area contributed by atoms with Crippen molar-refractivity contribution >= 4 is 23.2 Å². The molecule has 3 rings (SSSR count). The molecule has 0 unspecified atom stereocenters. The molecule has 0 saturated carbocycles. The molecule has 3 heterocycles. The molecule has 2 N–H and O–H groups in total. The number of aryl methyl sites for hydroxylation is 1. The second kappa shape index (κ2) is 7.57. The second-order valence-electron chi connectivity index (χ2n) is 5.90. The van der Waals surface area contributed by atoms with Crippen molar-refractivity contribution in [3.8, 4) is 10.7 Å². The molecule has 0 aliphatic carbocycles. The van der Waals surface area contributed by atoms with Crippen LogP contribution in [-0.4, -0.2) is 39.9 Å². The zero-order valence-corrected chi connectivity index (χ0v) is 14.1. The smallest absolute Gasteiger partial charge is 0.226 e. The van der Waals surface area contributed by atoms with Gasteiger partial charge in [-0.2, -0.15) is 4.98 Å². The van der Waals surface area contributed by atoms with E-state index in [-0.39, 0.29) is 17.7 Å². The van der Waals surface area contributed by atoms with Crippen LogP contribution >= 0.6 is 11.3 Å². The molecule has 2 amide bonds. The van der Waals surface area contributed by atoms with E-state index in [1.807, 2.05) is 22.4 Å². The minimum Gasteiger partial charge on any atom is -0.369 e. The van der Waals surface area contributed by atoms with Gasteiger partial charge in [0.05, 0.1) is 4.88 Å². The van der Waals surface area contributed by atoms with Gasteiger partial charge < -0.3 is 15.2 Å². The number of carbonyl (C=O) groups excluding carboxylic acids is 2. The van der Waals surface area contributed by atoms with Gasteiger partial charge in [-0.1, -0.05) is 11.2 Å². The Morgan fingerprint density at radius 2 is 2.17 bits per heavy atom. The molecule has 2 aromatic heterocycles. The van der Waals surface area contributed by atoms with Crippen molar-refractivity contribution in [1.82, 2.24) is 15.0 Å². The van der Waals surface area contributed by atoms with E-state index in [1.165, 1.54) is 0 Å². The molecule has 0 radical (unpaired) electrons. The van der Waals surface area contributed by atoms with Gasteiger partial charge in [0, 0.05) is 31.8 Å². The summed E-state index contributed by atoms with van der Waals surface area (Å²) in [4.78, 5) is 30.5. The summed E-state index contributed by atoms with van der Waals surface area (Å²) in [6.45, 7) is 1.21. The second-order valence-corrected chi connectivity index (χ2v) is 6.85. The van der Waals surface area contributed by atoms with E-state index in [0.29, 0.717) is 56.9 Å². The lowest BCUT2D eigenvalue weighted by Gasteiger charge is -2.30. The molecule has 1 fully saturated rings. The third kappa shape index (κ3) is 4.00. The Morgan fingerprint density at radius 3 is 2.83 bits per heavy atom. The lowest BCUT2D eigenvalue weighted by atomic mass is 9.96. The van der Waals surface area contributed by atoms with Crippen molar-refractivity contribution in [3.63, 3.8) is 0 Å². The molecule has 7 nitrogen and oxygen atoms in total. The fraction of sp³-hybridized carbons (Fsp3) is 0.500. The van der Waals surface area contributed by atoms with Crippen LogP contribution in [-0.2, 0) is 16.0 Å².